The highest BCUT2D eigenvalue weighted by Gasteiger charge is 2.21. The number of anilines is 1. The molecule has 0 amide bonds. The number of carboxylic acids is 1. The van der Waals surface area contributed by atoms with Crippen molar-refractivity contribution in [1.82, 2.24) is 0 Å². The first-order valence-corrected chi connectivity index (χ1v) is 8.46. The molecule has 1 heterocycles. The summed E-state index contributed by atoms with van der Waals surface area (Å²) < 4.78 is 23.7. The van der Waals surface area contributed by atoms with Gasteiger partial charge in [0.2, 0.25) is 0 Å². The first kappa shape index (κ1) is 14.8. The molecule has 1 N–H and O–H groups in total. The van der Waals surface area contributed by atoms with Crippen LogP contribution in [0.2, 0.25) is 0 Å². The molecule has 1 aliphatic heterocycles. The monoisotopic (exact) mass is 297 g/mol. The molecule has 0 radical (unpaired) electrons. The number of piperidine rings is 1. The minimum atomic E-state index is -3.38. The molecule has 110 valence electrons. The second-order valence-corrected chi connectivity index (χ2v) is 7.21. The van der Waals surface area contributed by atoms with Crippen LogP contribution in [0.5, 0.6) is 0 Å². The number of rotatable bonds is 4. The van der Waals surface area contributed by atoms with Gasteiger partial charge in [-0.25, -0.2) is 13.2 Å². The number of sulfone groups is 1. The lowest BCUT2D eigenvalue weighted by atomic mass is 10.1. The summed E-state index contributed by atoms with van der Waals surface area (Å²) in [7, 11) is -3.38. The van der Waals surface area contributed by atoms with E-state index in [1.165, 1.54) is 12.1 Å². The van der Waals surface area contributed by atoms with E-state index in [4.69, 9.17) is 0 Å². The van der Waals surface area contributed by atoms with Gasteiger partial charge in [0.25, 0.3) is 0 Å². The molecule has 1 fully saturated rings. The normalized spacial score (nSPS) is 16.1. The van der Waals surface area contributed by atoms with Crippen LogP contribution in [-0.2, 0) is 9.84 Å². The van der Waals surface area contributed by atoms with Gasteiger partial charge in [0, 0.05) is 13.1 Å². The first-order valence-electron chi connectivity index (χ1n) is 6.81. The van der Waals surface area contributed by atoms with Gasteiger partial charge >= 0.3 is 5.97 Å². The highest BCUT2D eigenvalue weighted by Crippen LogP contribution is 2.27. The van der Waals surface area contributed by atoms with E-state index < -0.39 is 15.8 Å². The number of carboxylic acid groups (broad SMARTS) is 1. The van der Waals surface area contributed by atoms with Crippen LogP contribution in [-0.4, -0.2) is 38.3 Å². The van der Waals surface area contributed by atoms with Crippen LogP contribution in [0.3, 0.4) is 0 Å². The summed E-state index contributed by atoms with van der Waals surface area (Å²) in [6, 6.07) is 4.41. The van der Waals surface area contributed by atoms with E-state index in [9.17, 15) is 18.3 Å². The Morgan fingerprint density at radius 2 is 1.90 bits per heavy atom. The lowest BCUT2D eigenvalue weighted by molar-refractivity contribution is 0.0697. The van der Waals surface area contributed by atoms with Crippen molar-refractivity contribution in [3.63, 3.8) is 0 Å². The summed E-state index contributed by atoms with van der Waals surface area (Å²) in [4.78, 5) is 13.5. The summed E-state index contributed by atoms with van der Waals surface area (Å²) in [5.74, 6) is -1.12. The molecule has 5 nitrogen and oxygen atoms in total. The molecular weight excluding hydrogens is 278 g/mol. The standard InChI is InChI=1S/C14H19NO4S/c1-2-20(18,19)11-6-7-13(12(10-11)14(16)17)15-8-4-3-5-9-15/h6-7,10H,2-5,8-9H2,1H3,(H,16,17). The van der Waals surface area contributed by atoms with E-state index in [0.29, 0.717) is 5.69 Å². The lowest BCUT2D eigenvalue weighted by Gasteiger charge is -2.30. The number of hydrogen-bond donors (Lipinski definition) is 1. The van der Waals surface area contributed by atoms with Gasteiger partial charge in [0.1, 0.15) is 0 Å². The zero-order valence-corrected chi connectivity index (χ0v) is 12.3. The van der Waals surface area contributed by atoms with Crippen LogP contribution in [0.25, 0.3) is 0 Å². The fraction of sp³-hybridized carbons (Fsp3) is 0.500. The predicted molar refractivity (Wildman–Crippen MR) is 77.2 cm³/mol. The van der Waals surface area contributed by atoms with Crippen molar-refractivity contribution in [2.24, 2.45) is 0 Å². The molecule has 0 saturated carbocycles. The number of hydrogen-bond acceptors (Lipinski definition) is 4. The third-order valence-electron chi connectivity index (χ3n) is 3.63. The van der Waals surface area contributed by atoms with Crippen LogP contribution in [0.4, 0.5) is 5.69 Å². The molecule has 1 aromatic carbocycles. The Balaban J connectivity index is 2.46. The zero-order chi connectivity index (χ0) is 14.8. The smallest absolute Gasteiger partial charge is 0.337 e. The van der Waals surface area contributed by atoms with E-state index in [1.807, 2.05) is 4.90 Å². The van der Waals surface area contributed by atoms with E-state index in [-0.39, 0.29) is 16.2 Å². The first-order chi connectivity index (χ1) is 9.45. The lowest BCUT2D eigenvalue weighted by Crippen LogP contribution is -2.30. The van der Waals surface area contributed by atoms with Crippen LogP contribution < -0.4 is 4.90 Å². The fourth-order valence-corrected chi connectivity index (χ4v) is 3.36. The van der Waals surface area contributed by atoms with Crippen LogP contribution >= 0.6 is 0 Å². The SMILES string of the molecule is CCS(=O)(=O)c1ccc(N2CCCCC2)c(C(=O)O)c1. The molecule has 0 bridgehead atoms. The number of aromatic carboxylic acids is 1. The number of nitrogens with zero attached hydrogens (tertiary/aromatic N) is 1. The van der Waals surface area contributed by atoms with Crippen molar-refractivity contribution >= 4 is 21.5 Å². The van der Waals surface area contributed by atoms with Gasteiger partial charge in [-0.1, -0.05) is 6.92 Å². The quantitative estimate of drug-likeness (QED) is 0.922. The van der Waals surface area contributed by atoms with Gasteiger partial charge in [-0.05, 0) is 37.5 Å². The molecule has 0 aliphatic carbocycles. The Labute approximate surface area is 119 Å². The third-order valence-corrected chi connectivity index (χ3v) is 5.37. The van der Waals surface area contributed by atoms with Crippen LogP contribution in [0, 0.1) is 0 Å². The second-order valence-electron chi connectivity index (χ2n) is 4.94. The Kier molecular flexibility index (Phi) is 4.32. The van der Waals surface area contributed by atoms with Gasteiger partial charge in [-0.2, -0.15) is 0 Å². The summed E-state index contributed by atoms with van der Waals surface area (Å²) in [5, 5.41) is 9.34. The number of benzene rings is 1. The van der Waals surface area contributed by atoms with Gasteiger partial charge < -0.3 is 10.0 Å². The van der Waals surface area contributed by atoms with E-state index in [2.05, 4.69) is 0 Å². The van der Waals surface area contributed by atoms with E-state index >= 15 is 0 Å². The van der Waals surface area contributed by atoms with Crippen molar-refractivity contribution in [2.75, 3.05) is 23.7 Å². The summed E-state index contributed by atoms with van der Waals surface area (Å²) >= 11 is 0. The van der Waals surface area contributed by atoms with Crippen molar-refractivity contribution in [2.45, 2.75) is 31.1 Å². The molecule has 1 saturated heterocycles. The minimum Gasteiger partial charge on any atom is -0.478 e. The maximum absolute atomic E-state index is 11.9. The average Bonchev–Trinajstić information content (AvgIpc) is 2.47. The van der Waals surface area contributed by atoms with E-state index in [1.54, 1.807) is 13.0 Å². The Bertz CT molecular complexity index is 604. The van der Waals surface area contributed by atoms with Gasteiger partial charge in [-0.3, -0.25) is 0 Å². The van der Waals surface area contributed by atoms with Gasteiger partial charge in [-0.15, -0.1) is 0 Å². The zero-order valence-electron chi connectivity index (χ0n) is 11.5. The minimum absolute atomic E-state index is 0.0326. The highest BCUT2D eigenvalue weighted by atomic mass is 32.2. The molecule has 1 aromatic rings. The molecule has 2 rings (SSSR count). The van der Waals surface area contributed by atoms with E-state index in [0.717, 1.165) is 32.4 Å². The predicted octanol–water partition coefficient (Wildman–Crippen LogP) is 2.17. The molecule has 0 spiro atoms. The van der Waals surface area contributed by atoms with Crippen molar-refractivity contribution < 1.29 is 18.3 Å². The van der Waals surface area contributed by atoms with Crippen LogP contribution in [0.1, 0.15) is 36.5 Å². The summed E-state index contributed by atoms with van der Waals surface area (Å²) in [6.45, 7) is 3.19. The molecule has 0 aromatic heterocycles. The highest BCUT2D eigenvalue weighted by molar-refractivity contribution is 7.91. The molecule has 1 aliphatic rings. The largest absolute Gasteiger partial charge is 0.478 e. The Hall–Kier alpha value is -1.56. The Morgan fingerprint density at radius 3 is 2.45 bits per heavy atom. The summed E-state index contributed by atoms with van der Waals surface area (Å²) in [6.07, 6.45) is 3.23. The van der Waals surface area contributed by atoms with Crippen molar-refractivity contribution in [3.05, 3.63) is 23.8 Å². The average molecular weight is 297 g/mol. The molecule has 6 heteroatoms. The van der Waals surface area contributed by atoms with Crippen molar-refractivity contribution in [1.29, 1.82) is 0 Å². The van der Waals surface area contributed by atoms with Gasteiger partial charge in [0.05, 0.1) is 21.9 Å². The maximum Gasteiger partial charge on any atom is 0.337 e. The summed E-state index contributed by atoms with van der Waals surface area (Å²) in [5.41, 5.74) is 0.689. The number of carbonyl (C=O) groups is 1. The van der Waals surface area contributed by atoms with Crippen LogP contribution in [0.15, 0.2) is 23.1 Å². The fourth-order valence-electron chi connectivity index (χ4n) is 2.46. The second kappa shape index (κ2) is 5.83. The Morgan fingerprint density at radius 1 is 1.25 bits per heavy atom. The molecule has 20 heavy (non-hydrogen) atoms. The van der Waals surface area contributed by atoms with Gasteiger partial charge in [0.15, 0.2) is 9.84 Å². The third kappa shape index (κ3) is 2.95. The topological polar surface area (TPSA) is 74.7 Å². The molecular formula is C14H19NO4S. The molecule has 0 unspecified atom stereocenters. The maximum atomic E-state index is 11.9. The molecule has 0 atom stereocenters. The van der Waals surface area contributed by atoms with Crippen molar-refractivity contribution in [3.8, 4) is 0 Å².